The van der Waals surface area contributed by atoms with E-state index in [1.165, 1.54) is 6.20 Å². The fraction of sp³-hybridized carbons (Fsp3) is 0.0732. The van der Waals surface area contributed by atoms with Gasteiger partial charge in [0.1, 0.15) is 11.5 Å². The molecule has 0 aliphatic carbocycles. The fourth-order valence-electron chi connectivity index (χ4n) is 6.75. The summed E-state index contributed by atoms with van der Waals surface area (Å²) in [5, 5.41) is 21.9. The van der Waals surface area contributed by atoms with Crippen molar-refractivity contribution in [2.45, 2.75) is 13.1 Å². The molecule has 3 heterocycles. The molecule has 0 radical (unpaired) electrons. The zero-order chi connectivity index (χ0) is 36.4. The van der Waals surface area contributed by atoms with Gasteiger partial charge in [0.2, 0.25) is 11.8 Å². The van der Waals surface area contributed by atoms with Crippen LogP contribution in [0.2, 0.25) is 0 Å². The molecule has 2 amide bonds. The normalized spacial score (nSPS) is 11.1. The number of pyridine rings is 1. The Morgan fingerprint density at radius 2 is 1.06 bits per heavy atom. The molecule has 3 aromatic heterocycles. The Bertz CT molecular complexity index is 2630. The van der Waals surface area contributed by atoms with Crippen LogP contribution in [0.5, 0.6) is 11.5 Å². The maximum Gasteiger partial charge on any atom is 0.341 e. The van der Waals surface area contributed by atoms with Gasteiger partial charge in [-0.2, -0.15) is 0 Å². The molecule has 0 fully saturated rings. The van der Waals surface area contributed by atoms with Crippen LogP contribution >= 0.6 is 0 Å². The van der Waals surface area contributed by atoms with Crippen LogP contribution in [-0.4, -0.2) is 48.7 Å². The number of aliphatic carboxylic acids is 1. The lowest BCUT2D eigenvalue weighted by Gasteiger charge is -2.09. The second-order valence-corrected chi connectivity index (χ2v) is 12.2. The summed E-state index contributed by atoms with van der Waals surface area (Å²) < 4.78 is 9.65. The zero-order valence-electron chi connectivity index (χ0n) is 27.8. The number of carbonyl (C=O) groups is 3. The first-order chi connectivity index (χ1) is 25.2. The Hall–Kier alpha value is -7.14. The molecule has 8 rings (SSSR count). The van der Waals surface area contributed by atoms with Gasteiger partial charge in [-0.15, -0.1) is 0 Å². The highest BCUT2D eigenvalue weighted by Gasteiger charge is 2.21. The van der Waals surface area contributed by atoms with Crippen molar-refractivity contribution in [1.82, 2.24) is 14.1 Å². The second kappa shape index (κ2) is 14.0. The predicted molar refractivity (Wildman–Crippen MR) is 200 cm³/mol. The minimum Gasteiger partial charge on any atom is -0.506 e. The van der Waals surface area contributed by atoms with Crippen LogP contribution in [0, 0.1) is 0 Å². The maximum absolute atomic E-state index is 12.1. The summed E-state index contributed by atoms with van der Waals surface area (Å²) in [5.41, 5.74) is 17.4. The molecule has 0 aliphatic heterocycles. The average Bonchev–Trinajstić information content (AvgIpc) is 3.65. The number of aromatic hydroxyl groups is 1. The van der Waals surface area contributed by atoms with Crippen molar-refractivity contribution in [1.29, 1.82) is 0 Å². The van der Waals surface area contributed by atoms with Crippen molar-refractivity contribution in [3.05, 3.63) is 150 Å². The van der Waals surface area contributed by atoms with Crippen LogP contribution in [0.15, 0.2) is 128 Å². The smallest absolute Gasteiger partial charge is 0.341 e. The number of rotatable bonds is 9. The molecule has 0 spiro atoms. The zero-order valence-corrected chi connectivity index (χ0v) is 27.8. The third-order valence-electron chi connectivity index (χ3n) is 8.91. The highest BCUT2D eigenvalue weighted by Crippen LogP contribution is 2.39. The number of benzene rings is 5. The summed E-state index contributed by atoms with van der Waals surface area (Å²) in [7, 11) is 0. The second-order valence-electron chi connectivity index (χ2n) is 12.2. The summed E-state index contributed by atoms with van der Waals surface area (Å²) in [6.45, 7) is 0.725. The summed E-state index contributed by atoms with van der Waals surface area (Å²) in [5.74, 6) is -1.68. The van der Waals surface area contributed by atoms with E-state index in [1.54, 1.807) is 36.5 Å². The van der Waals surface area contributed by atoms with Crippen LogP contribution in [0.1, 0.15) is 31.8 Å². The summed E-state index contributed by atoms with van der Waals surface area (Å²) in [6.07, 6.45) is 3.08. The average molecular weight is 692 g/mol. The molecule has 8 aromatic rings. The van der Waals surface area contributed by atoms with Gasteiger partial charge in [0.25, 0.3) is 0 Å². The number of carboxylic acid groups (broad SMARTS) is 1. The summed E-state index contributed by atoms with van der Waals surface area (Å²) >= 11 is 0. The quantitative estimate of drug-likeness (QED) is 0.135. The van der Waals surface area contributed by atoms with E-state index in [0.29, 0.717) is 51.5 Å². The molecule has 0 unspecified atom stereocenters. The van der Waals surface area contributed by atoms with E-state index >= 15 is 0 Å². The van der Waals surface area contributed by atoms with E-state index in [2.05, 4.69) is 9.55 Å². The third kappa shape index (κ3) is 6.22. The number of hydrogen-bond donors (Lipinski definition) is 4. The molecule has 11 nitrogen and oxygen atoms in total. The number of carbonyl (C=O) groups excluding carboxylic acids is 2. The van der Waals surface area contributed by atoms with E-state index < -0.39 is 24.4 Å². The minimum absolute atomic E-state index is 0.0398. The van der Waals surface area contributed by atoms with E-state index in [-0.39, 0.29) is 5.75 Å². The van der Waals surface area contributed by atoms with Gasteiger partial charge in [-0.05, 0) is 47.5 Å². The highest BCUT2D eigenvalue weighted by atomic mass is 16.5. The number of primary amides is 2. The number of nitrogens with zero attached hydrogens (tertiary/aromatic N) is 3. The van der Waals surface area contributed by atoms with Crippen molar-refractivity contribution in [2.75, 3.05) is 6.61 Å². The summed E-state index contributed by atoms with van der Waals surface area (Å²) in [4.78, 5) is 39.0. The standard InChI is InChI=1S/C22H18N2O4.C19H15N3O2/c23-22(27)15-8-4-9-16-20(15)21-17(10-5-11-18(21)28-13-19(25)26)24(16)12-14-6-2-1-3-7-14;20-19(24)13-7-4-8-14-17(13)18-15(9-21-10-16(18)23)22(14)11-12-5-2-1-3-6-12/h1-11H,12-13H2,(H2,23,27)(H,25,26);1-10,23H,11H2,(H2,20,24). The van der Waals surface area contributed by atoms with Crippen LogP contribution in [0.25, 0.3) is 43.6 Å². The molecular formula is C41H33N5O6. The van der Waals surface area contributed by atoms with Gasteiger partial charge < -0.3 is 35.6 Å². The van der Waals surface area contributed by atoms with Gasteiger partial charge in [-0.1, -0.05) is 78.9 Å². The van der Waals surface area contributed by atoms with Crippen molar-refractivity contribution in [3.8, 4) is 11.5 Å². The van der Waals surface area contributed by atoms with Crippen molar-refractivity contribution in [3.63, 3.8) is 0 Å². The Morgan fingerprint density at radius 3 is 1.58 bits per heavy atom. The van der Waals surface area contributed by atoms with Crippen LogP contribution in [0.3, 0.4) is 0 Å². The molecule has 0 saturated carbocycles. The lowest BCUT2D eigenvalue weighted by atomic mass is 10.1. The van der Waals surface area contributed by atoms with E-state index in [0.717, 1.165) is 33.2 Å². The van der Waals surface area contributed by atoms with Gasteiger partial charge in [0.15, 0.2) is 6.61 Å². The maximum atomic E-state index is 12.1. The molecule has 5 aromatic carbocycles. The van der Waals surface area contributed by atoms with E-state index in [9.17, 15) is 19.5 Å². The Morgan fingerprint density at radius 1 is 0.577 bits per heavy atom. The van der Waals surface area contributed by atoms with E-state index in [4.69, 9.17) is 21.3 Å². The predicted octanol–water partition coefficient (Wildman–Crippen LogP) is 6.45. The molecule has 52 heavy (non-hydrogen) atoms. The number of hydrogen-bond acceptors (Lipinski definition) is 6. The highest BCUT2D eigenvalue weighted by molar-refractivity contribution is 6.20. The largest absolute Gasteiger partial charge is 0.506 e. The Balaban J connectivity index is 0.000000164. The number of fused-ring (bicyclic) bond motifs is 6. The number of ether oxygens (including phenoxy) is 1. The van der Waals surface area contributed by atoms with Gasteiger partial charge in [-0.3, -0.25) is 14.6 Å². The van der Waals surface area contributed by atoms with Gasteiger partial charge in [0.05, 0.1) is 45.2 Å². The van der Waals surface area contributed by atoms with Crippen LogP contribution in [0.4, 0.5) is 0 Å². The first kappa shape index (κ1) is 33.4. The molecule has 0 aliphatic rings. The monoisotopic (exact) mass is 691 g/mol. The van der Waals surface area contributed by atoms with Crippen LogP contribution in [-0.2, 0) is 17.9 Å². The number of nitrogens with two attached hydrogens (primary N) is 2. The number of amides is 2. The summed E-state index contributed by atoms with van der Waals surface area (Å²) in [6, 6.07) is 36.2. The number of aromatic nitrogens is 3. The molecule has 0 saturated heterocycles. The Kier molecular flexibility index (Phi) is 8.98. The molecule has 0 bridgehead atoms. The SMILES string of the molecule is NC(=O)c1cccc2c1c1c(O)cncc1n2Cc1ccccc1.NC(=O)c1cccc2c1c1c(OCC(=O)O)cccc1n2Cc1ccccc1. The van der Waals surface area contributed by atoms with Crippen molar-refractivity contribution < 1.29 is 29.3 Å². The van der Waals surface area contributed by atoms with E-state index in [1.807, 2.05) is 89.5 Å². The minimum atomic E-state index is -1.07. The lowest BCUT2D eigenvalue weighted by molar-refractivity contribution is -0.139. The van der Waals surface area contributed by atoms with Gasteiger partial charge in [-0.25, -0.2) is 4.79 Å². The first-order valence-corrected chi connectivity index (χ1v) is 16.4. The molecule has 0 atom stereocenters. The molecule has 11 heteroatoms. The molecule has 6 N–H and O–H groups in total. The first-order valence-electron chi connectivity index (χ1n) is 16.4. The van der Waals surface area contributed by atoms with Gasteiger partial charge >= 0.3 is 5.97 Å². The van der Waals surface area contributed by atoms with Crippen molar-refractivity contribution >= 4 is 61.4 Å². The fourth-order valence-corrected chi connectivity index (χ4v) is 6.75. The third-order valence-corrected chi connectivity index (χ3v) is 8.91. The van der Waals surface area contributed by atoms with Crippen LogP contribution < -0.4 is 16.2 Å². The topological polar surface area (TPSA) is 176 Å². The molecule has 258 valence electrons. The lowest BCUT2D eigenvalue weighted by Crippen LogP contribution is -2.11. The Labute approximate surface area is 296 Å². The van der Waals surface area contributed by atoms with Crippen molar-refractivity contribution in [2.24, 2.45) is 11.5 Å². The van der Waals surface area contributed by atoms with Gasteiger partial charge in [0, 0.05) is 35.0 Å². The molecular weight excluding hydrogens is 658 g/mol. The number of carboxylic acids is 1.